The van der Waals surface area contributed by atoms with Crippen LogP contribution in [0.1, 0.15) is 11.1 Å². The smallest absolute Gasteiger partial charge is 0.212 e. The second-order valence-corrected chi connectivity index (χ2v) is 5.74. The molecule has 1 unspecified atom stereocenters. The van der Waals surface area contributed by atoms with Gasteiger partial charge >= 0.3 is 0 Å². The molecule has 0 fully saturated rings. The van der Waals surface area contributed by atoms with Crippen molar-refractivity contribution in [2.75, 3.05) is 5.43 Å². The molecule has 3 aromatic rings. The third-order valence-electron chi connectivity index (χ3n) is 3.27. The molecule has 2 aromatic heterocycles. The number of benzene rings is 1. The fourth-order valence-corrected chi connectivity index (χ4v) is 3.20. The van der Waals surface area contributed by atoms with Crippen LogP contribution in [-0.4, -0.2) is 20.1 Å². The molecule has 9 heteroatoms. The van der Waals surface area contributed by atoms with Crippen molar-refractivity contribution in [2.24, 2.45) is 0 Å². The molecule has 1 aromatic carbocycles. The topological polar surface area (TPSA) is 104 Å². The van der Waals surface area contributed by atoms with Crippen LogP contribution in [-0.2, 0) is 0 Å². The molecule has 0 aliphatic carbocycles. The number of nitrogens with one attached hydrogen (secondary N) is 2. The van der Waals surface area contributed by atoms with Crippen LogP contribution in [0.3, 0.4) is 0 Å². The number of quaternary nitrogens is 1. The molecule has 1 aliphatic heterocycles. The van der Waals surface area contributed by atoms with E-state index in [2.05, 4.69) is 15.6 Å². The normalized spacial score (nSPS) is 18.0. The second-order valence-electron chi connectivity index (χ2n) is 4.67. The Labute approximate surface area is 128 Å². The molecule has 112 valence electrons. The minimum absolute atomic E-state index is 0.0816. The van der Waals surface area contributed by atoms with Crippen LogP contribution >= 0.6 is 11.8 Å². The summed E-state index contributed by atoms with van der Waals surface area (Å²) in [6.07, 6.45) is 1.62. The third kappa shape index (κ3) is 2.16. The van der Waals surface area contributed by atoms with Gasteiger partial charge in [0, 0.05) is 17.7 Å². The first-order valence-corrected chi connectivity index (χ1v) is 7.36. The maximum atomic E-state index is 11.1. The monoisotopic (exact) mass is 317 g/mol. The van der Waals surface area contributed by atoms with Gasteiger partial charge in [-0.05, 0) is 23.9 Å². The summed E-state index contributed by atoms with van der Waals surface area (Å²) < 4.78 is 7.14. The van der Waals surface area contributed by atoms with Crippen LogP contribution in [0.2, 0.25) is 0 Å². The van der Waals surface area contributed by atoms with Crippen molar-refractivity contribution in [1.82, 2.24) is 14.9 Å². The molecule has 8 nitrogen and oxygen atoms in total. The minimum Gasteiger partial charge on any atom is -0.595 e. The summed E-state index contributed by atoms with van der Waals surface area (Å²) in [4.78, 5) is 0. The first kappa shape index (κ1) is 13.3. The van der Waals surface area contributed by atoms with Crippen LogP contribution in [0.4, 0.5) is 5.69 Å². The number of thioether (sulfide) groups is 1. The number of hydrogen-bond acceptors (Lipinski definition) is 7. The maximum Gasteiger partial charge on any atom is 0.212 e. The molecule has 3 heterocycles. The number of rotatable bonds is 3. The molecule has 0 amide bonds. The van der Waals surface area contributed by atoms with Crippen molar-refractivity contribution in [3.05, 3.63) is 53.6 Å². The van der Waals surface area contributed by atoms with Gasteiger partial charge in [-0.25, -0.2) is 9.88 Å². The molecule has 0 saturated heterocycles. The largest absolute Gasteiger partial charge is 0.595 e. The number of furan rings is 1. The van der Waals surface area contributed by atoms with Gasteiger partial charge in [-0.15, -0.1) is 10.2 Å². The molecule has 0 spiro atoms. The van der Waals surface area contributed by atoms with Gasteiger partial charge in [0.25, 0.3) is 0 Å². The summed E-state index contributed by atoms with van der Waals surface area (Å²) in [7, 11) is 0. The van der Waals surface area contributed by atoms with Crippen LogP contribution in [0.15, 0.2) is 52.2 Å². The first-order chi connectivity index (χ1) is 10.7. The van der Waals surface area contributed by atoms with E-state index in [1.807, 2.05) is 12.1 Å². The number of aromatic nitrogens is 3. The van der Waals surface area contributed by atoms with E-state index in [-0.39, 0.29) is 11.1 Å². The lowest BCUT2D eigenvalue weighted by atomic mass is 10.2. The molecule has 0 saturated carbocycles. The Hall–Kier alpha value is -2.33. The van der Waals surface area contributed by atoms with Crippen molar-refractivity contribution >= 4 is 17.4 Å². The summed E-state index contributed by atoms with van der Waals surface area (Å²) in [5.74, 6) is 1.36. The van der Waals surface area contributed by atoms with E-state index >= 15 is 0 Å². The van der Waals surface area contributed by atoms with E-state index < -0.39 is 5.23 Å². The van der Waals surface area contributed by atoms with E-state index in [9.17, 15) is 5.21 Å². The molecule has 2 atom stereocenters. The highest BCUT2D eigenvalue weighted by Crippen LogP contribution is 2.40. The van der Waals surface area contributed by atoms with Gasteiger partial charge < -0.3 is 15.1 Å². The van der Waals surface area contributed by atoms with Crippen LogP contribution < -0.4 is 10.7 Å². The molecule has 1 aliphatic rings. The van der Waals surface area contributed by atoms with Gasteiger partial charge in [0.1, 0.15) is 5.76 Å². The fourth-order valence-electron chi connectivity index (χ4n) is 2.25. The van der Waals surface area contributed by atoms with Crippen molar-refractivity contribution in [2.45, 2.75) is 10.5 Å². The fraction of sp³-hybridized carbons (Fsp3) is 0.0769. The predicted octanol–water partition coefficient (Wildman–Crippen LogP) is 1.29. The van der Waals surface area contributed by atoms with Crippen molar-refractivity contribution in [3.63, 3.8) is 0 Å². The lowest BCUT2D eigenvalue weighted by Gasteiger charge is -2.13. The molecule has 3 N–H and O–H groups in total. The van der Waals surface area contributed by atoms with E-state index in [0.717, 1.165) is 5.76 Å². The standard InChI is InChI=1S/C13H11N5O3S/c19-18(20)9-4-1-3-8(7-9)11-14-15-13-17(11)16-12(22-13)10-5-2-6-21-10/h1-7,12,16,18-19H/t12-/m1/s1. The van der Waals surface area contributed by atoms with Gasteiger partial charge in [-0.1, -0.05) is 12.1 Å². The van der Waals surface area contributed by atoms with E-state index in [4.69, 9.17) is 9.62 Å². The summed E-state index contributed by atoms with van der Waals surface area (Å²) in [6, 6.07) is 10.3. The quantitative estimate of drug-likeness (QED) is 0.625. The average Bonchev–Trinajstić information content (AvgIpc) is 3.23. The highest BCUT2D eigenvalue weighted by molar-refractivity contribution is 7.99. The highest BCUT2D eigenvalue weighted by atomic mass is 32.2. The Balaban J connectivity index is 1.68. The van der Waals surface area contributed by atoms with Crippen molar-refractivity contribution in [1.29, 1.82) is 0 Å². The Morgan fingerprint density at radius 2 is 2.23 bits per heavy atom. The Morgan fingerprint density at radius 3 is 3.00 bits per heavy atom. The minimum atomic E-state index is -0.973. The highest BCUT2D eigenvalue weighted by Gasteiger charge is 2.29. The number of hydrogen-bond donors (Lipinski definition) is 3. The lowest BCUT2D eigenvalue weighted by molar-refractivity contribution is -0.991. The van der Waals surface area contributed by atoms with Gasteiger partial charge in [-0.2, -0.15) is 5.23 Å². The van der Waals surface area contributed by atoms with E-state index in [0.29, 0.717) is 16.5 Å². The predicted molar refractivity (Wildman–Crippen MR) is 77.9 cm³/mol. The summed E-state index contributed by atoms with van der Waals surface area (Å²) in [5, 5.41) is 28.1. The van der Waals surface area contributed by atoms with Gasteiger partial charge in [0.2, 0.25) is 5.16 Å². The second kappa shape index (κ2) is 5.14. The van der Waals surface area contributed by atoms with Crippen molar-refractivity contribution in [3.8, 4) is 11.4 Å². The molecule has 22 heavy (non-hydrogen) atoms. The molecular formula is C13H11N5O3S. The lowest BCUT2D eigenvalue weighted by Crippen LogP contribution is -2.99. The maximum absolute atomic E-state index is 11.1. The van der Waals surface area contributed by atoms with Gasteiger partial charge in [-0.3, -0.25) is 0 Å². The van der Waals surface area contributed by atoms with Crippen molar-refractivity contribution < 1.29 is 14.9 Å². The van der Waals surface area contributed by atoms with Gasteiger partial charge in [0.05, 0.1) is 6.26 Å². The molecule has 0 bridgehead atoms. The Morgan fingerprint density at radius 1 is 1.32 bits per heavy atom. The van der Waals surface area contributed by atoms with E-state index in [1.54, 1.807) is 35.2 Å². The summed E-state index contributed by atoms with van der Waals surface area (Å²) >= 11 is 1.49. The van der Waals surface area contributed by atoms with E-state index in [1.165, 1.54) is 11.8 Å². The van der Waals surface area contributed by atoms with Crippen LogP contribution in [0.5, 0.6) is 0 Å². The molecule has 0 radical (unpaired) electrons. The number of fused-ring (bicyclic) bond motifs is 1. The van der Waals surface area contributed by atoms with Gasteiger partial charge in [0.15, 0.2) is 16.9 Å². The zero-order valence-electron chi connectivity index (χ0n) is 11.1. The summed E-state index contributed by atoms with van der Waals surface area (Å²) in [5.41, 5.74) is 4.14. The Bertz CT molecular complexity index is 802. The van der Waals surface area contributed by atoms with Crippen LogP contribution in [0, 0.1) is 5.21 Å². The first-order valence-electron chi connectivity index (χ1n) is 6.48. The Kier molecular flexibility index (Phi) is 3.12. The van der Waals surface area contributed by atoms with Crippen LogP contribution in [0.25, 0.3) is 11.4 Å². The zero-order chi connectivity index (χ0) is 15.1. The zero-order valence-corrected chi connectivity index (χ0v) is 11.9. The SMILES string of the molecule is [O-][NH+](O)c1cccc(-c2nnc3n2N[C@@H](c2ccco2)S3)c1. The third-order valence-corrected chi connectivity index (χ3v) is 4.32. The molecular weight excluding hydrogens is 306 g/mol. The molecule has 4 rings (SSSR count). The average molecular weight is 317 g/mol. The number of nitrogens with zero attached hydrogens (tertiary/aromatic N) is 3. The summed E-state index contributed by atoms with van der Waals surface area (Å²) in [6.45, 7) is 0.